The van der Waals surface area contributed by atoms with E-state index in [4.69, 9.17) is 9.47 Å². The normalized spacial score (nSPS) is 12.4. The number of hydrogen-bond donors (Lipinski definition) is 1. The maximum absolute atomic E-state index is 12.7. The van der Waals surface area contributed by atoms with Crippen LogP contribution in [0.2, 0.25) is 0 Å². The first kappa shape index (κ1) is 20.9. The Morgan fingerprint density at radius 2 is 1.63 bits per heavy atom. The lowest BCUT2D eigenvalue weighted by molar-refractivity contribution is -0.143. The molecule has 0 bridgehead atoms. The second kappa shape index (κ2) is 9.53. The molecule has 0 saturated heterocycles. The first-order valence-corrected chi connectivity index (χ1v) is 10.3. The number of sulfonamides is 1. The van der Waals surface area contributed by atoms with Crippen LogP contribution in [0, 0.1) is 6.92 Å². The topological polar surface area (TPSA) is 81.7 Å². The Bertz CT molecular complexity index is 845. The zero-order valence-electron chi connectivity index (χ0n) is 15.8. The van der Waals surface area contributed by atoms with E-state index in [1.807, 2.05) is 13.8 Å². The molecule has 27 heavy (non-hydrogen) atoms. The fourth-order valence-electron chi connectivity index (χ4n) is 2.55. The second-order valence-corrected chi connectivity index (χ2v) is 7.71. The van der Waals surface area contributed by atoms with Crippen molar-refractivity contribution >= 4 is 16.0 Å². The van der Waals surface area contributed by atoms with Gasteiger partial charge in [-0.3, -0.25) is 4.79 Å². The van der Waals surface area contributed by atoms with Gasteiger partial charge in [0, 0.05) is 0 Å². The van der Waals surface area contributed by atoms with Crippen LogP contribution in [0.4, 0.5) is 0 Å². The van der Waals surface area contributed by atoms with E-state index in [1.54, 1.807) is 43.3 Å². The van der Waals surface area contributed by atoms with Crippen molar-refractivity contribution in [3.8, 4) is 5.75 Å². The predicted molar refractivity (Wildman–Crippen MR) is 103 cm³/mol. The van der Waals surface area contributed by atoms with E-state index in [0.717, 1.165) is 5.56 Å². The Morgan fingerprint density at radius 1 is 1.00 bits per heavy atom. The fraction of sp³-hybridized carbons (Fsp3) is 0.350. The molecular weight excluding hydrogens is 366 g/mol. The summed E-state index contributed by atoms with van der Waals surface area (Å²) >= 11 is 0. The van der Waals surface area contributed by atoms with Crippen molar-refractivity contribution in [2.24, 2.45) is 0 Å². The van der Waals surface area contributed by atoms with Gasteiger partial charge in [-0.15, -0.1) is 0 Å². The van der Waals surface area contributed by atoms with Gasteiger partial charge in [-0.05, 0) is 50.6 Å². The maximum Gasteiger partial charge on any atom is 0.307 e. The highest BCUT2D eigenvalue weighted by Crippen LogP contribution is 2.23. The molecule has 0 amide bonds. The molecule has 0 aliphatic heterocycles. The molecule has 7 heteroatoms. The lowest BCUT2D eigenvalue weighted by Gasteiger charge is -2.19. The highest BCUT2D eigenvalue weighted by atomic mass is 32.2. The van der Waals surface area contributed by atoms with Crippen LogP contribution < -0.4 is 9.46 Å². The average molecular weight is 391 g/mol. The van der Waals surface area contributed by atoms with E-state index in [1.165, 1.54) is 12.1 Å². The van der Waals surface area contributed by atoms with Crippen LogP contribution in [0.25, 0.3) is 0 Å². The summed E-state index contributed by atoms with van der Waals surface area (Å²) in [4.78, 5) is 12.1. The van der Waals surface area contributed by atoms with Crippen LogP contribution in [-0.2, 0) is 19.6 Å². The molecule has 1 atom stereocenters. The molecule has 1 N–H and O–H groups in total. The summed E-state index contributed by atoms with van der Waals surface area (Å²) < 4.78 is 38.5. The van der Waals surface area contributed by atoms with Crippen molar-refractivity contribution in [2.45, 2.75) is 38.1 Å². The molecule has 6 nitrogen and oxygen atoms in total. The van der Waals surface area contributed by atoms with E-state index in [2.05, 4.69) is 4.72 Å². The Labute approximate surface area is 160 Å². The third-order valence-corrected chi connectivity index (χ3v) is 5.39. The number of rotatable bonds is 9. The third-order valence-electron chi connectivity index (χ3n) is 3.90. The highest BCUT2D eigenvalue weighted by Gasteiger charge is 2.24. The minimum atomic E-state index is -3.79. The van der Waals surface area contributed by atoms with Crippen molar-refractivity contribution in [3.63, 3.8) is 0 Å². The van der Waals surface area contributed by atoms with Crippen LogP contribution in [0.15, 0.2) is 53.4 Å². The molecule has 2 rings (SSSR count). The standard InChI is InChI=1S/C20H25NO5S/c1-4-25-17-10-8-16(9-11-17)19(14-20(22)26-5-2)21-27(23,24)18-12-6-15(3)7-13-18/h6-13,19,21H,4-5,14H2,1-3H3. The maximum atomic E-state index is 12.7. The Morgan fingerprint density at radius 3 is 2.19 bits per heavy atom. The van der Waals surface area contributed by atoms with Crippen LogP contribution in [-0.4, -0.2) is 27.6 Å². The van der Waals surface area contributed by atoms with E-state index in [0.29, 0.717) is 17.9 Å². The molecule has 0 radical (unpaired) electrons. The van der Waals surface area contributed by atoms with Gasteiger partial charge >= 0.3 is 5.97 Å². The molecule has 146 valence electrons. The second-order valence-electron chi connectivity index (χ2n) is 6.00. The highest BCUT2D eigenvalue weighted by molar-refractivity contribution is 7.89. The van der Waals surface area contributed by atoms with E-state index >= 15 is 0 Å². The summed E-state index contributed by atoms with van der Waals surface area (Å²) in [7, 11) is -3.79. The molecule has 0 aliphatic rings. The van der Waals surface area contributed by atoms with Gasteiger partial charge in [0.05, 0.1) is 30.6 Å². The molecule has 0 spiro atoms. The van der Waals surface area contributed by atoms with Crippen LogP contribution in [0.1, 0.15) is 37.4 Å². The van der Waals surface area contributed by atoms with Crippen molar-refractivity contribution < 1.29 is 22.7 Å². The summed E-state index contributed by atoms with van der Waals surface area (Å²) in [5.41, 5.74) is 1.62. The largest absolute Gasteiger partial charge is 0.494 e. The smallest absolute Gasteiger partial charge is 0.307 e. The summed E-state index contributed by atoms with van der Waals surface area (Å²) in [6.45, 7) is 6.24. The van der Waals surface area contributed by atoms with Crippen LogP contribution in [0.5, 0.6) is 5.75 Å². The van der Waals surface area contributed by atoms with Gasteiger partial charge in [-0.1, -0.05) is 29.8 Å². The SMILES string of the molecule is CCOC(=O)CC(NS(=O)(=O)c1ccc(C)cc1)c1ccc(OCC)cc1. The molecule has 0 aromatic heterocycles. The van der Waals surface area contributed by atoms with E-state index in [9.17, 15) is 13.2 Å². The third kappa shape index (κ3) is 6.08. The van der Waals surface area contributed by atoms with Crippen molar-refractivity contribution in [3.05, 3.63) is 59.7 Å². The number of ether oxygens (including phenoxy) is 2. The minimum absolute atomic E-state index is 0.104. The number of esters is 1. The fourth-order valence-corrected chi connectivity index (χ4v) is 3.77. The van der Waals surface area contributed by atoms with Crippen molar-refractivity contribution in [1.82, 2.24) is 4.72 Å². The van der Waals surface area contributed by atoms with Gasteiger partial charge in [0.25, 0.3) is 0 Å². The number of carbonyl (C=O) groups is 1. The van der Waals surface area contributed by atoms with Crippen molar-refractivity contribution in [1.29, 1.82) is 0 Å². The first-order chi connectivity index (χ1) is 12.9. The van der Waals surface area contributed by atoms with Gasteiger partial charge < -0.3 is 9.47 Å². The van der Waals surface area contributed by atoms with Gasteiger partial charge in [0.2, 0.25) is 10.0 Å². The van der Waals surface area contributed by atoms with Crippen molar-refractivity contribution in [2.75, 3.05) is 13.2 Å². The minimum Gasteiger partial charge on any atom is -0.494 e. The predicted octanol–water partition coefficient (Wildman–Crippen LogP) is 3.37. The lowest BCUT2D eigenvalue weighted by atomic mass is 10.0. The molecule has 2 aromatic rings. The van der Waals surface area contributed by atoms with Gasteiger partial charge in [-0.2, -0.15) is 0 Å². The molecule has 1 unspecified atom stereocenters. The number of carbonyl (C=O) groups excluding carboxylic acids is 1. The van der Waals surface area contributed by atoms with Gasteiger partial charge in [-0.25, -0.2) is 13.1 Å². The Balaban J connectivity index is 2.28. The monoisotopic (exact) mass is 391 g/mol. The molecule has 0 fully saturated rings. The van der Waals surface area contributed by atoms with Crippen LogP contribution >= 0.6 is 0 Å². The molecule has 0 heterocycles. The Hall–Kier alpha value is -2.38. The lowest BCUT2D eigenvalue weighted by Crippen LogP contribution is -2.30. The number of benzene rings is 2. The molecule has 0 aliphatic carbocycles. The molecular formula is C20H25NO5S. The zero-order chi connectivity index (χ0) is 19.9. The summed E-state index contributed by atoms with van der Waals surface area (Å²) in [6.07, 6.45) is -0.104. The van der Waals surface area contributed by atoms with E-state index < -0.39 is 22.0 Å². The van der Waals surface area contributed by atoms with Gasteiger partial charge in [0.15, 0.2) is 0 Å². The Kier molecular flexibility index (Phi) is 7.38. The average Bonchev–Trinajstić information content (AvgIpc) is 2.62. The van der Waals surface area contributed by atoms with Gasteiger partial charge in [0.1, 0.15) is 5.75 Å². The summed E-state index contributed by atoms with van der Waals surface area (Å²) in [5.74, 6) is 0.209. The quantitative estimate of drug-likeness (QED) is 0.663. The molecule has 2 aromatic carbocycles. The first-order valence-electron chi connectivity index (χ1n) is 8.83. The zero-order valence-corrected chi connectivity index (χ0v) is 16.6. The number of nitrogens with one attached hydrogen (secondary N) is 1. The van der Waals surface area contributed by atoms with E-state index in [-0.39, 0.29) is 17.9 Å². The number of aryl methyl sites for hydroxylation is 1. The number of hydrogen-bond acceptors (Lipinski definition) is 5. The van der Waals surface area contributed by atoms with Crippen LogP contribution in [0.3, 0.4) is 0 Å². The molecule has 0 saturated carbocycles. The summed E-state index contributed by atoms with van der Waals surface area (Å²) in [5, 5.41) is 0. The summed E-state index contributed by atoms with van der Waals surface area (Å²) in [6, 6.07) is 12.8.